The van der Waals surface area contributed by atoms with Crippen LogP contribution >= 0.6 is 0 Å². The summed E-state index contributed by atoms with van der Waals surface area (Å²) < 4.78 is 5.56. The molecule has 21 heavy (non-hydrogen) atoms. The molecule has 1 aromatic carbocycles. The van der Waals surface area contributed by atoms with E-state index in [9.17, 15) is 5.11 Å². The average Bonchev–Trinajstić information content (AvgIpc) is 2.55. The zero-order valence-corrected chi connectivity index (χ0v) is 12.6. The second-order valence-electron chi connectivity index (χ2n) is 6.00. The molecule has 0 radical (unpaired) electrons. The molecule has 3 heteroatoms. The lowest BCUT2D eigenvalue weighted by molar-refractivity contribution is 0.120. The molecule has 0 saturated heterocycles. The van der Waals surface area contributed by atoms with Crippen LogP contribution in [0, 0.1) is 0 Å². The molecule has 0 spiro atoms. The van der Waals surface area contributed by atoms with Gasteiger partial charge in [0.1, 0.15) is 0 Å². The lowest BCUT2D eigenvalue weighted by Crippen LogP contribution is -2.36. The van der Waals surface area contributed by atoms with Gasteiger partial charge in [-0.25, -0.2) is 0 Å². The van der Waals surface area contributed by atoms with Crippen molar-refractivity contribution in [1.82, 2.24) is 4.90 Å². The van der Waals surface area contributed by atoms with Gasteiger partial charge in [-0.2, -0.15) is 0 Å². The van der Waals surface area contributed by atoms with Crippen molar-refractivity contribution in [2.24, 2.45) is 0 Å². The number of aliphatic hydroxyl groups excluding tert-OH is 1. The first-order valence-corrected chi connectivity index (χ1v) is 8.07. The van der Waals surface area contributed by atoms with Gasteiger partial charge in [0.15, 0.2) is 0 Å². The average molecular weight is 287 g/mol. The Morgan fingerprint density at radius 3 is 3.00 bits per heavy atom. The number of hydrogen-bond acceptors (Lipinski definition) is 3. The Kier molecular flexibility index (Phi) is 5.07. The molecule has 1 aliphatic heterocycles. The standard InChI is InChI=1S/C18H25NO2/c20-11-10-19(13-15-5-4-12-21-14-15)18-9-3-7-16-6-1-2-8-17(16)18/h1-2,5-6,8,18,20H,3-4,7,9-14H2. The molecule has 1 unspecified atom stereocenters. The minimum Gasteiger partial charge on any atom is -0.395 e. The SMILES string of the molecule is OCCN(CC1=CCCOC1)C1CCCc2ccccc21. The van der Waals surface area contributed by atoms with E-state index in [1.54, 1.807) is 0 Å². The van der Waals surface area contributed by atoms with Crippen LogP contribution in [0.4, 0.5) is 0 Å². The molecule has 0 saturated carbocycles. The third kappa shape index (κ3) is 3.54. The second-order valence-corrected chi connectivity index (χ2v) is 6.00. The van der Waals surface area contributed by atoms with Crippen molar-refractivity contribution in [3.05, 3.63) is 47.0 Å². The molecule has 0 amide bonds. The van der Waals surface area contributed by atoms with E-state index in [0.717, 1.165) is 32.7 Å². The van der Waals surface area contributed by atoms with Gasteiger partial charge in [0.25, 0.3) is 0 Å². The summed E-state index contributed by atoms with van der Waals surface area (Å²) in [5.74, 6) is 0. The third-order valence-electron chi connectivity index (χ3n) is 4.55. The minimum absolute atomic E-state index is 0.215. The van der Waals surface area contributed by atoms with E-state index < -0.39 is 0 Å². The molecular weight excluding hydrogens is 262 g/mol. The number of rotatable bonds is 5. The monoisotopic (exact) mass is 287 g/mol. The van der Waals surface area contributed by atoms with Crippen molar-refractivity contribution in [2.45, 2.75) is 31.7 Å². The van der Waals surface area contributed by atoms with Crippen molar-refractivity contribution >= 4 is 0 Å². The first-order valence-electron chi connectivity index (χ1n) is 8.07. The van der Waals surface area contributed by atoms with Crippen molar-refractivity contribution in [3.63, 3.8) is 0 Å². The molecule has 2 aliphatic rings. The van der Waals surface area contributed by atoms with E-state index in [1.807, 2.05) is 0 Å². The van der Waals surface area contributed by atoms with Gasteiger partial charge in [-0.1, -0.05) is 30.3 Å². The topological polar surface area (TPSA) is 32.7 Å². The number of aryl methyl sites for hydroxylation is 1. The minimum atomic E-state index is 0.215. The normalized spacial score (nSPS) is 22.0. The number of ether oxygens (including phenoxy) is 1. The highest BCUT2D eigenvalue weighted by atomic mass is 16.5. The van der Waals surface area contributed by atoms with Gasteiger partial charge in [0.2, 0.25) is 0 Å². The highest BCUT2D eigenvalue weighted by molar-refractivity contribution is 5.32. The first-order chi connectivity index (χ1) is 10.4. The predicted molar refractivity (Wildman–Crippen MR) is 84.3 cm³/mol. The fourth-order valence-corrected chi connectivity index (χ4v) is 3.56. The summed E-state index contributed by atoms with van der Waals surface area (Å²) in [6, 6.07) is 9.22. The Labute approximate surface area is 127 Å². The summed E-state index contributed by atoms with van der Waals surface area (Å²) in [5.41, 5.74) is 4.29. The molecule has 0 aromatic heterocycles. The maximum Gasteiger partial charge on any atom is 0.0689 e. The Hall–Kier alpha value is -1.16. The Balaban J connectivity index is 1.79. The summed E-state index contributed by atoms with van der Waals surface area (Å²) in [7, 11) is 0. The molecule has 1 aliphatic carbocycles. The van der Waals surface area contributed by atoms with Gasteiger partial charge in [-0.05, 0) is 42.4 Å². The maximum atomic E-state index is 9.45. The highest BCUT2D eigenvalue weighted by Gasteiger charge is 2.26. The van der Waals surface area contributed by atoms with Crippen molar-refractivity contribution in [3.8, 4) is 0 Å². The zero-order valence-electron chi connectivity index (χ0n) is 12.6. The molecule has 3 rings (SSSR count). The van der Waals surface area contributed by atoms with Gasteiger partial charge in [-0.3, -0.25) is 4.90 Å². The highest BCUT2D eigenvalue weighted by Crippen LogP contribution is 2.34. The number of fused-ring (bicyclic) bond motifs is 1. The Morgan fingerprint density at radius 2 is 2.19 bits per heavy atom. The van der Waals surface area contributed by atoms with E-state index in [1.165, 1.54) is 36.0 Å². The number of hydrogen-bond donors (Lipinski definition) is 1. The molecule has 0 fully saturated rings. The quantitative estimate of drug-likeness (QED) is 0.845. The first kappa shape index (κ1) is 14.8. The molecule has 1 aromatic rings. The van der Waals surface area contributed by atoms with Crippen molar-refractivity contribution < 1.29 is 9.84 Å². The van der Waals surface area contributed by atoms with Crippen LogP contribution in [0.2, 0.25) is 0 Å². The molecular formula is C18H25NO2. The second kappa shape index (κ2) is 7.21. The molecule has 1 heterocycles. The zero-order chi connectivity index (χ0) is 14.5. The van der Waals surface area contributed by atoms with Gasteiger partial charge in [0.05, 0.1) is 19.8 Å². The molecule has 1 N–H and O–H groups in total. The lowest BCUT2D eigenvalue weighted by Gasteiger charge is -2.36. The van der Waals surface area contributed by atoms with Crippen LogP contribution in [-0.2, 0) is 11.2 Å². The lowest BCUT2D eigenvalue weighted by atomic mass is 9.86. The summed E-state index contributed by atoms with van der Waals surface area (Å²) in [4.78, 5) is 2.43. The van der Waals surface area contributed by atoms with E-state index in [0.29, 0.717) is 6.04 Å². The fraction of sp³-hybridized carbons (Fsp3) is 0.556. The van der Waals surface area contributed by atoms with E-state index >= 15 is 0 Å². The Morgan fingerprint density at radius 1 is 1.29 bits per heavy atom. The smallest absolute Gasteiger partial charge is 0.0689 e. The van der Waals surface area contributed by atoms with Crippen LogP contribution in [-0.4, -0.2) is 42.9 Å². The van der Waals surface area contributed by atoms with Crippen LogP contribution in [0.15, 0.2) is 35.9 Å². The Bertz CT molecular complexity index is 498. The van der Waals surface area contributed by atoms with Gasteiger partial charge in [0, 0.05) is 19.1 Å². The summed E-state index contributed by atoms with van der Waals surface area (Å²) in [6.07, 6.45) is 6.93. The van der Waals surface area contributed by atoms with Gasteiger partial charge in [-0.15, -0.1) is 0 Å². The summed E-state index contributed by atoms with van der Waals surface area (Å²) in [5, 5.41) is 9.45. The molecule has 3 nitrogen and oxygen atoms in total. The van der Waals surface area contributed by atoms with E-state index in [-0.39, 0.29) is 6.61 Å². The number of benzene rings is 1. The van der Waals surface area contributed by atoms with E-state index in [2.05, 4.69) is 35.2 Å². The third-order valence-corrected chi connectivity index (χ3v) is 4.55. The summed E-state index contributed by atoms with van der Waals surface area (Å²) >= 11 is 0. The predicted octanol–water partition coefficient (Wildman–Crippen LogP) is 2.71. The van der Waals surface area contributed by atoms with Crippen molar-refractivity contribution in [1.29, 1.82) is 0 Å². The van der Waals surface area contributed by atoms with Gasteiger partial charge < -0.3 is 9.84 Å². The molecule has 0 bridgehead atoms. The number of aliphatic hydroxyl groups is 1. The van der Waals surface area contributed by atoms with Crippen molar-refractivity contribution in [2.75, 3.05) is 32.9 Å². The summed E-state index contributed by atoms with van der Waals surface area (Å²) in [6.45, 7) is 3.45. The van der Waals surface area contributed by atoms with Crippen LogP contribution in [0.3, 0.4) is 0 Å². The van der Waals surface area contributed by atoms with Gasteiger partial charge >= 0.3 is 0 Å². The van der Waals surface area contributed by atoms with Crippen LogP contribution in [0.25, 0.3) is 0 Å². The maximum absolute atomic E-state index is 9.45. The van der Waals surface area contributed by atoms with Crippen LogP contribution in [0.1, 0.15) is 36.4 Å². The van der Waals surface area contributed by atoms with E-state index in [4.69, 9.17) is 4.74 Å². The largest absolute Gasteiger partial charge is 0.395 e. The van der Waals surface area contributed by atoms with Crippen LogP contribution in [0.5, 0.6) is 0 Å². The number of nitrogens with zero attached hydrogens (tertiary/aromatic N) is 1. The van der Waals surface area contributed by atoms with Crippen LogP contribution < -0.4 is 0 Å². The fourth-order valence-electron chi connectivity index (χ4n) is 3.56. The molecule has 114 valence electrons. The molecule has 1 atom stereocenters.